The highest BCUT2D eigenvalue weighted by Gasteiger charge is 2.39. The summed E-state index contributed by atoms with van der Waals surface area (Å²) < 4.78 is 5.55. The third-order valence-electron chi connectivity index (χ3n) is 6.10. The maximum absolute atomic E-state index is 13.6. The number of aryl methyl sites for hydroxylation is 1. The van der Waals surface area contributed by atoms with Crippen LogP contribution >= 0.6 is 0 Å². The first kappa shape index (κ1) is 24.3. The Hall–Kier alpha value is -3.86. The molecule has 0 aliphatic carbocycles. The third kappa shape index (κ3) is 5.29. The van der Waals surface area contributed by atoms with Gasteiger partial charge >= 0.3 is 0 Å². The van der Waals surface area contributed by atoms with Gasteiger partial charge in [0.2, 0.25) is 0 Å². The van der Waals surface area contributed by atoms with Crippen LogP contribution in [0.15, 0.2) is 78.5 Å². The molecule has 1 aliphatic heterocycles. The van der Waals surface area contributed by atoms with Gasteiger partial charge in [0.05, 0.1) is 18.7 Å². The fraction of sp³-hybridized carbons (Fsp3) is 0.267. The molecule has 0 saturated carbocycles. The van der Waals surface area contributed by atoms with Gasteiger partial charge in [-0.25, -0.2) is 0 Å². The van der Waals surface area contributed by atoms with Gasteiger partial charge in [0.25, 0.3) is 11.8 Å². The Bertz CT molecular complexity index is 1250. The molecule has 3 aromatic carbocycles. The number of nitrogens with one attached hydrogen (secondary N) is 1. The summed E-state index contributed by atoms with van der Waals surface area (Å²) in [4.78, 5) is 28.4. The van der Waals surface area contributed by atoms with E-state index >= 15 is 0 Å². The molecular formula is C30H32N2O3. The van der Waals surface area contributed by atoms with Gasteiger partial charge in [0, 0.05) is 5.69 Å². The minimum Gasteiger partial charge on any atom is -0.494 e. The quantitative estimate of drug-likeness (QED) is 0.427. The molecule has 0 saturated heterocycles. The predicted molar refractivity (Wildman–Crippen MR) is 140 cm³/mol. The molecule has 3 aromatic rings. The number of amides is 2. The second kappa shape index (κ2) is 9.79. The average Bonchev–Trinajstić information content (AvgIpc) is 3.05. The molecule has 0 aromatic heterocycles. The van der Waals surface area contributed by atoms with Gasteiger partial charge in [0.15, 0.2) is 0 Å². The number of benzene rings is 3. The maximum Gasteiger partial charge on any atom is 0.278 e. The van der Waals surface area contributed by atoms with Crippen LogP contribution in [0, 0.1) is 6.92 Å². The van der Waals surface area contributed by atoms with Crippen molar-refractivity contribution in [1.82, 2.24) is 4.90 Å². The Morgan fingerprint density at radius 1 is 0.829 bits per heavy atom. The van der Waals surface area contributed by atoms with Crippen molar-refractivity contribution >= 4 is 23.1 Å². The number of carbonyl (C=O) groups is 2. The minimum atomic E-state index is -0.334. The normalized spacial score (nSPS) is 14.0. The number of rotatable bonds is 7. The van der Waals surface area contributed by atoms with E-state index in [0.717, 1.165) is 22.6 Å². The van der Waals surface area contributed by atoms with Gasteiger partial charge in [-0.15, -0.1) is 0 Å². The second-order valence-electron chi connectivity index (χ2n) is 9.84. The van der Waals surface area contributed by atoms with Crippen molar-refractivity contribution in [2.75, 3.05) is 11.9 Å². The summed E-state index contributed by atoms with van der Waals surface area (Å²) in [6.07, 6.45) is 0. The highest BCUT2D eigenvalue weighted by Crippen LogP contribution is 2.33. The molecule has 35 heavy (non-hydrogen) atoms. The van der Waals surface area contributed by atoms with Crippen LogP contribution in [0.2, 0.25) is 0 Å². The molecule has 2 amide bonds. The molecule has 1 aliphatic rings. The van der Waals surface area contributed by atoms with Crippen LogP contribution in [0.3, 0.4) is 0 Å². The Labute approximate surface area is 207 Å². The van der Waals surface area contributed by atoms with Crippen LogP contribution in [0.1, 0.15) is 49.9 Å². The number of nitrogens with zero attached hydrogens (tertiary/aromatic N) is 1. The van der Waals surface area contributed by atoms with E-state index < -0.39 is 0 Å². The monoisotopic (exact) mass is 468 g/mol. The van der Waals surface area contributed by atoms with E-state index in [1.165, 1.54) is 10.5 Å². The Balaban J connectivity index is 1.70. The molecule has 5 heteroatoms. The van der Waals surface area contributed by atoms with Gasteiger partial charge in [-0.1, -0.05) is 74.9 Å². The zero-order chi connectivity index (χ0) is 25.2. The second-order valence-corrected chi connectivity index (χ2v) is 9.84. The van der Waals surface area contributed by atoms with Gasteiger partial charge < -0.3 is 10.1 Å². The lowest BCUT2D eigenvalue weighted by Crippen LogP contribution is -2.32. The van der Waals surface area contributed by atoms with Gasteiger partial charge in [-0.3, -0.25) is 14.5 Å². The number of imide groups is 1. The molecular weight excluding hydrogens is 436 g/mol. The van der Waals surface area contributed by atoms with Gasteiger partial charge in [-0.2, -0.15) is 0 Å². The van der Waals surface area contributed by atoms with Gasteiger partial charge in [-0.05, 0) is 60.2 Å². The number of hydrogen-bond donors (Lipinski definition) is 1. The van der Waals surface area contributed by atoms with Crippen molar-refractivity contribution < 1.29 is 14.3 Å². The lowest BCUT2D eigenvalue weighted by Gasteiger charge is -2.19. The molecule has 5 nitrogen and oxygen atoms in total. The highest BCUT2D eigenvalue weighted by atomic mass is 16.5. The first-order chi connectivity index (χ1) is 16.7. The van der Waals surface area contributed by atoms with E-state index in [2.05, 4.69) is 26.1 Å². The summed E-state index contributed by atoms with van der Waals surface area (Å²) in [7, 11) is 0. The van der Waals surface area contributed by atoms with Crippen LogP contribution in [0.25, 0.3) is 5.57 Å². The lowest BCUT2D eigenvalue weighted by atomic mass is 9.87. The van der Waals surface area contributed by atoms with Crippen molar-refractivity contribution in [2.24, 2.45) is 0 Å². The smallest absolute Gasteiger partial charge is 0.278 e. The van der Waals surface area contributed by atoms with Gasteiger partial charge in [0.1, 0.15) is 11.4 Å². The maximum atomic E-state index is 13.6. The topological polar surface area (TPSA) is 58.6 Å². The fourth-order valence-electron chi connectivity index (χ4n) is 4.06. The molecule has 0 unspecified atom stereocenters. The standard InChI is InChI=1S/C30H32N2O3/c1-6-35-25-17-11-22(12-18-25)26-27(31-24-15-13-23(14-16-24)30(3,4)5)29(34)32(28(26)33)19-21-9-7-20(2)8-10-21/h7-18,31H,6,19H2,1-5H3. The largest absolute Gasteiger partial charge is 0.494 e. The van der Waals surface area contributed by atoms with E-state index in [9.17, 15) is 9.59 Å². The molecule has 0 atom stereocenters. The number of hydrogen-bond acceptors (Lipinski definition) is 4. The summed E-state index contributed by atoms with van der Waals surface area (Å²) in [6, 6.07) is 23.1. The average molecular weight is 469 g/mol. The number of carbonyl (C=O) groups excluding carboxylic acids is 2. The van der Waals surface area contributed by atoms with Crippen molar-refractivity contribution in [3.63, 3.8) is 0 Å². The molecule has 0 fully saturated rings. The van der Waals surface area contributed by atoms with Crippen molar-refractivity contribution in [2.45, 2.75) is 46.6 Å². The summed E-state index contributed by atoms with van der Waals surface area (Å²) in [5.41, 5.74) is 5.33. The zero-order valence-electron chi connectivity index (χ0n) is 21.0. The van der Waals surface area contributed by atoms with E-state index in [1.54, 1.807) is 0 Å². The summed E-state index contributed by atoms with van der Waals surface area (Å²) in [5, 5.41) is 3.25. The van der Waals surface area contributed by atoms with E-state index in [1.807, 2.05) is 86.6 Å². The predicted octanol–water partition coefficient (Wildman–Crippen LogP) is 6.08. The zero-order valence-corrected chi connectivity index (χ0v) is 21.0. The molecule has 1 N–H and O–H groups in total. The Kier molecular flexibility index (Phi) is 6.79. The first-order valence-corrected chi connectivity index (χ1v) is 11.9. The van der Waals surface area contributed by atoms with Crippen LogP contribution in [-0.4, -0.2) is 23.3 Å². The van der Waals surface area contributed by atoms with E-state index in [0.29, 0.717) is 17.7 Å². The highest BCUT2D eigenvalue weighted by molar-refractivity contribution is 6.36. The van der Waals surface area contributed by atoms with Crippen molar-refractivity contribution in [3.8, 4) is 5.75 Å². The Morgan fingerprint density at radius 3 is 2.03 bits per heavy atom. The Morgan fingerprint density at radius 2 is 1.46 bits per heavy atom. The summed E-state index contributed by atoms with van der Waals surface area (Å²) >= 11 is 0. The van der Waals surface area contributed by atoms with Crippen LogP contribution in [-0.2, 0) is 21.5 Å². The van der Waals surface area contributed by atoms with Crippen molar-refractivity contribution in [1.29, 1.82) is 0 Å². The van der Waals surface area contributed by atoms with Crippen LogP contribution in [0.4, 0.5) is 5.69 Å². The summed E-state index contributed by atoms with van der Waals surface area (Å²) in [5.74, 6) is 0.0744. The molecule has 180 valence electrons. The minimum absolute atomic E-state index is 0.0231. The number of ether oxygens (including phenoxy) is 1. The lowest BCUT2D eigenvalue weighted by molar-refractivity contribution is -0.137. The van der Waals surface area contributed by atoms with E-state index in [4.69, 9.17) is 4.74 Å². The van der Waals surface area contributed by atoms with Crippen LogP contribution < -0.4 is 10.1 Å². The molecule has 0 spiro atoms. The fourth-order valence-corrected chi connectivity index (χ4v) is 4.06. The molecule has 1 heterocycles. The first-order valence-electron chi connectivity index (χ1n) is 11.9. The third-order valence-corrected chi connectivity index (χ3v) is 6.10. The summed E-state index contributed by atoms with van der Waals surface area (Å²) in [6.45, 7) is 11.2. The number of anilines is 1. The van der Waals surface area contributed by atoms with Crippen LogP contribution in [0.5, 0.6) is 5.75 Å². The molecule has 0 bridgehead atoms. The van der Waals surface area contributed by atoms with Crippen molar-refractivity contribution in [3.05, 3.63) is 101 Å². The molecule has 0 radical (unpaired) electrons. The molecule has 4 rings (SSSR count). The SMILES string of the molecule is CCOc1ccc(C2=C(Nc3ccc(C(C)(C)C)cc3)C(=O)N(Cc3ccc(C)cc3)C2=O)cc1. The van der Waals surface area contributed by atoms with E-state index in [-0.39, 0.29) is 29.5 Å².